The van der Waals surface area contributed by atoms with Gasteiger partial charge >= 0.3 is 0 Å². The molecule has 2 rings (SSSR count). The Morgan fingerprint density at radius 1 is 1.43 bits per heavy atom. The molecule has 0 bridgehead atoms. The Balaban J connectivity index is 2.17. The maximum Gasteiger partial charge on any atom is 0.255 e. The topological polar surface area (TPSA) is 78.8 Å². The molecule has 5 heteroatoms. The van der Waals surface area contributed by atoms with Crippen LogP contribution in [0.15, 0.2) is 18.2 Å². The molecule has 1 amide bonds. The molecular weight excluding hydrogens is 270 g/mol. The molecule has 3 N–H and O–H groups in total. The van der Waals surface area contributed by atoms with E-state index in [0.717, 1.165) is 25.7 Å². The van der Waals surface area contributed by atoms with E-state index in [4.69, 9.17) is 4.74 Å². The van der Waals surface area contributed by atoms with Crippen LogP contribution < -0.4 is 10.1 Å². The normalized spacial score (nSPS) is 25.4. The van der Waals surface area contributed by atoms with Crippen molar-refractivity contribution >= 4 is 5.91 Å². The number of hydrogen-bond acceptors (Lipinski definition) is 4. The van der Waals surface area contributed by atoms with Crippen LogP contribution in [0.25, 0.3) is 0 Å². The fourth-order valence-corrected chi connectivity index (χ4v) is 2.82. The summed E-state index contributed by atoms with van der Waals surface area (Å²) in [5.74, 6) is 0.328. The van der Waals surface area contributed by atoms with Crippen LogP contribution in [0.4, 0.5) is 0 Å². The smallest absolute Gasteiger partial charge is 0.255 e. The molecule has 21 heavy (non-hydrogen) atoms. The van der Waals surface area contributed by atoms with E-state index >= 15 is 0 Å². The molecule has 0 radical (unpaired) electrons. The first-order valence-corrected chi connectivity index (χ1v) is 7.30. The Morgan fingerprint density at radius 2 is 2.10 bits per heavy atom. The molecule has 1 fully saturated rings. The number of para-hydroxylation sites is 1. The van der Waals surface area contributed by atoms with E-state index in [0.29, 0.717) is 5.92 Å². The minimum atomic E-state index is -0.584. The number of amides is 1. The van der Waals surface area contributed by atoms with Crippen LogP contribution in [-0.2, 0) is 0 Å². The Morgan fingerprint density at radius 3 is 2.67 bits per heavy atom. The van der Waals surface area contributed by atoms with Crippen LogP contribution in [0, 0.1) is 5.92 Å². The largest absolute Gasteiger partial charge is 0.504 e. The highest BCUT2D eigenvalue weighted by Gasteiger charge is 2.35. The van der Waals surface area contributed by atoms with Crippen molar-refractivity contribution in [1.29, 1.82) is 0 Å². The molecule has 0 aliphatic heterocycles. The number of phenols is 1. The van der Waals surface area contributed by atoms with Crippen molar-refractivity contribution in [3.05, 3.63) is 23.8 Å². The fourth-order valence-electron chi connectivity index (χ4n) is 2.82. The zero-order valence-corrected chi connectivity index (χ0v) is 12.6. The van der Waals surface area contributed by atoms with Crippen molar-refractivity contribution in [3.8, 4) is 11.5 Å². The first-order valence-electron chi connectivity index (χ1n) is 7.30. The molecule has 1 saturated carbocycles. The number of phenolic OH excluding ortho intramolecular Hbond substituents is 1. The average molecular weight is 293 g/mol. The molecule has 116 valence electrons. The SMILES string of the molecule is COc1cccc(C(=O)NC2(CO)CCC(C)CC2)c1O. The Bertz CT molecular complexity index is 507. The summed E-state index contributed by atoms with van der Waals surface area (Å²) in [7, 11) is 1.44. The number of aliphatic hydroxyl groups is 1. The summed E-state index contributed by atoms with van der Waals surface area (Å²) >= 11 is 0. The Kier molecular flexibility index (Phi) is 4.73. The second kappa shape index (κ2) is 6.35. The van der Waals surface area contributed by atoms with Gasteiger partial charge in [-0.3, -0.25) is 4.79 Å². The molecule has 0 atom stereocenters. The van der Waals surface area contributed by atoms with Gasteiger partial charge in [0.05, 0.1) is 24.8 Å². The van der Waals surface area contributed by atoms with Gasteiger partial charge in [-0.05, 0) is 43.7 Å². The summed E-state index contributed by atoms with van der Waals surface area (Å²) in [5.41, 5.74) is -0.417. The van der Waals surface area contributed by atoms with Gasteiger partial charge < -0.3 is 20.3 Å². The molecule has 1 aromatic carbocycles. The summed E-state index contributed by atoms with van der Waals surface area (Å²) in [6.07, 6.45) is 3.46. The first-order chi connectivity index (χ1) is 10.0. The molecule has 5 nitrogen and oxygen atoms in total. The van der Waals surface area contributed by atoms with E-state index in [9.17, 15) is 15.0 Å². The van der Waals surface area contributed by atoms with Crippen LogP contribution in [-0.4, -0.2) is 35.4 Å². The molecule has 0 spiro atoms. The van der Waals surface area contributed by atoms with Crippen LogP contribution in [0.3, 0.4) is 0 Å². The number of nitrogens with one attached hydrogen (secondary N) is 1. The van der Waals surface area contributed by atoms with Crippen molar-refractivity contribution in [2.45, 2.75) is 38.1 Å². The maximum atomic E-state index is 12.4. The van der Waals surface area contributed by atoms with Gasteiger partial charge in [-0.25, -0.2) is 0 Å². The summed E-state index contributed by atoms with van der Waals surface area (Å²) in [6, 6.07) is 4.79. The van der Waals surface area contributed by atoms with E-state index in [2.05, 4.69) is 12.2 Å². The van der Waals surface area contributed by atoms with Gasteiger partial charge in [0, 0.05) is 0 Å². The first kappa shape index (κ1) is 15.6. The number of rotatable bonds is 4. The zero-order chi connectivity index (χ0) is 15.5. The number of aliphatic hydroxyl groups excluding tert-OH is 1. The zero-order valence-electron chi connectivity index (χ0n) is 12.6. The van der Waals surface area contributed by atoms with Gasteiger partial charge in [-0.1, -0.05) is 13.0 Å². The predicted molar refractivity (Wildman–Crippen MR) is 79.6 cm³/mol. The maximum absolute atomic E-state index is 12.4. The van der Waals surface area contributed by atoms with Gasteiger partial charge in [0.15, 0.2) is 11.5 Å². The van der Waals surface area contributed by atoms with Crippen molar-refractivity contribution in [1.82, 2.24) is 5.32 Å². The lowest BCUT2D eigenvalue weighted by Gasteiger charge is -2.38. The minimum absolute atomic E-state index is 0.0871. The Labute approximate surface area is 124 Å². The fraction of sp³-hybridized carbons (Fsp3) is 0.562. The summed E-state index contributed by atoms with van der Waals surface area (Å²) < 4.78 is 5.01. The van der Waals surface area contributed by atoms with Crippen molar-refractivity contribution in [2.75, 3.05) is 13.7 Å². The highest BCUT2D eigenvalue weighted by atomic mass is 16.5. The standard InChI is InChI=1S/C16H23NO4/c1-11-6-8-16(10-18,9-7-11)17-15(20)12-4-3-5-13(21-2)14(12)19/h3-5,11,18-19H,6-10H2,1-2H3,(H,17,20). The van der Waals surface area contributed by atoms with E-state index in [-0.39, 0.29) is 29.6 Å². The summed E-state index contributed by atoms with van der Waals surface area (Å²) in [5, 5.41) is 22.6. The highest BCUT2D eigenvalue weighted by Crippen LogP contribution is 2.33. The quantitative estimate of drug-likeness (QED) is 0.794. The second-order valence-corrected chi connectivity index (χ2v) is 5.93. The molecule has 0 saturated heterocycles. The van der Waals surface area contributed by atoms with Crippen LogP contribution in [0.2, 0.25) is 0 Å². The lowest BCUT2D eigenvalue weighted by Crippen LogP contribution is -2.53. The van der Waals surface area contributed by atoms with E-state index in [1.54, 1.807) is 18.2 Å². The third kappa shape index (κ3) is 3.29. The second-order valence-electron chi connectivity index (χ2n) is 5.93. The monoisotopic (exact) mass is 293 g/mol. The van der Waals surface area contributed by atoms with E-state index in [1.165, 1.54) is 7.11 Å². The minimum Gasteiger partial charge on any atom is -0.504 e. The van der Waals surface area contributed by atoms with Gasteiger partial charge in [-0.15, -0.1) is 0 Å². The van der Waals surface area contributed by atoms with E-state index in [1.807, 2.05) is 0 Å². The molecule has 1 aromatic rings. The lowest BCUT2D eigenvalue weighted by atomic mass is 9.77. The number of methoxy groups -OCH3 is 1. The number of carbonyl (C=O) groups is 1. The predicted octanol–water partition coefficient (Wildman–Crippen LogP) is 2.07. The molecule has 1 aliphatic carbocycles. The molecule has 1 aliphatic rings. The van der Waals surface area contributed by atoms with Crippen LogP contribution in [0.5, 0.6) is 11.5 Å². The third-order valence-electron chi connectivity index (χ3n) is 4.38. The van der Waals surface area contributed by atoms with Gasteiger partial charge in [-0.2, -0.15) is 0 Å². The number of hydrogen-bond donors (Lipinski definition) is 3. The van der Waals surface area contributed by atoms with Crippen LogP contribution in [0.1, 0.15) is 43.0 Å². The molecule has 0 aromatic heterocycles. The molecule has 0 heterocycles. The van der Waals surface area contributed by atoms with Crippen molar-refractivity contribution < 1.29 is 19.7 Å². The van der Waals surface area contributed by atoms with E-state index < -0.39 is 5.54 Å². The van der Waals surface area contributed by atoms with Gasteiger partial charge in [0.25, 0.3) is 5.91 Å². The summed E-state index contributed by atoms with van der Waals surface area (Å²) in [6.45, 7) is 2.09. The van der Waals surface area contributed by atoms with Crippen molar-refractivity contribution in [3.63, 3.8) is 0 Å². The number of carbonyl (C=O) groups excluding carboxylic acids is 1. The highest BCUT2D eigenvalue weighted by molar-refractivity contribution is 5.98. The molecular formula is C16H23NO4. The number of benzene rings is 1. The summed E-state index contributed by atoms with van der Waals surface area (Å²) in [4.78, 5) is 12.4. The molecule has 0 unspecified atom stereocenters. The van der Waals surface area contributed by atoms with Gasteiger partial charge in [0.2, 0.25) is 0 Å². The van der Waals surface area contributed by atoms with Gasteiger partial charge in [0.1, 0.15) is 0 Å². The Hall–Kier alpha value is -1.75. The lowest BCUT2D eigenvalue weighted by molar-refractivity contribution is 0.0714. The number of ether oxygens (including phenoxy) is 1. The van der Waals surface area contributed by atoms with Crippen LogP contribution >= 0.6 is 0 Å². The average Bonchev–Trinajstić information content (AvgIpc) is 2.50. The third-order valence-corrected chi connectivity index (χ3v) is 4.38. The number of aromatic hydroxyl groups is 1. The van der Waals surface area contributed by atoms with Crippen molar-refractivity contribution in [2.24, 2.45) is 5.92 Å².